The van der Waals surface area contributed by atoms with E-state index in [4.69, 9.17) is 0 Å². The van der Waals surface area contributed by atoms with Gasteiger partial charge in [0.15, 0.2) is 10.9 Å². The van der Waals surface area contributed by atoms with Crippen molar-refractivity contribution in [1.82, 2.24) is 14.8 Å². The molecule has 2 aromatic rings. The number of thioether (sulfide) groups is 1. The van der Waals surface area contributed by atoms with Crippen molar-refractivity contribution in [2.75, 3.05) is 5.75 Å². The highest BCUT2D eigenvalue weighted by Crippen LogP contribution is 2.21. The Labute approximate surface area is 119 Å². The Morgan fingerprint density at radius 1 is 1.50 bits per heavy atom. The van der Waals surface area contributed by atoms with Crippen molar-refractivity contribution in [2.45, 2.75) is 12.1 Å². The lowest BCUT2D eigenvalue weighted by Gasteiger charge is -2.03. The smallest absolute Gasteiger partial charge is 0.273 e. The van der Waals surface area contributed by atoms with Gasteiger partial charge in [-0.05, 0) is 6.92 Å². The molecule has 2 rings (SSSR count). The highest BCUT2D eigenvalue weighted by molar-refractivity contribution is 7.99. The lowest BCUT2D eigenvalue weighted by Crippen LogP contribution is -2.05. The number of nitro benzene ring substituents is 1. The van der Waals surface area contributed by atoms with Crippen molar-refractivity contribution in [1.29, 1.82) is 0 Å². The van der Waals surface area contributed by atoms with Crippen molar-refractivity contribution >= 4 is 23.2 Å². The molecule has 0 atom stereocenters. The molecule has 7 nitrogen and oxygen atoms in total. The first kappa shape index (κ1) is 14.2. The van der Waals surface area contributed by atoms with E-state index in [9.17, 15) is 14.9 Å². The van der Waals surface area contributed by atoms with Crippen LogP contribution in [0.25, 0.3) is 0 Å². The zero-order valence-corrected chi connectivity index (χ0v) is 11.8. The maximum absolute atomic E-state index is 12.0. The molecule has 0 unspecified atom stereocenters. The van der Waals surface area contributed by atoms with Gasteiger partial charge >= 0.3 is 0 Å². The van der Waals surface area contributed by atoms with Crippen LogP contribution in [0.5, 0.6) is 0 Å². The van der Waals surface area contributed by atoms with Gasteiger partial charge in [0.2, 0.25) is 0 Å². The Kier molecular flexibility index (Phi) is 4.14. The fraction of sp³-hybridized carbons (Fsp3) is 0.250. The van der Waals surface area contributed by atoms with Gasteiger partial charge in [-0.1, -0.05) is 23.9 Å². The van der Waals surface area contributed by atoms with Crippen LogP contribution < -0.4 is 0 Å². The molecule has 8 heteroatoms. The van der Waals surface area contributed by atoms with Crippen LogP contribution >= 0.6 is 11.8 Å². The summed E-state index contributed by atoms with van der Waals surface area (Å²) < 4.78 is 1.70. The maximum Gasteiger partial charge on any atom is 0.273 e. The second-order valence-electron chi connectivity index (χ2n) is 4.19. The van der Waals surface area contributed by atoms with Crippen LogP contribution in [0.15, 0.2) is 29.7 Å². The van der Waals surface area contributed by atoms with E-state index in [1.165, 1.54) is 17.8 Å². The van der Waals surface area contributed by atoms with Crippen molar-refractivity contribution in [2.24, 2.45) is 7.05 Å². The minimum atomic E-state index is -0.484. The summed E-state index contributed by atoms with van der Waals surface area (Å²) in [4.78, 5) is 22.4. The van der Waals surface area contributed by atoms with E-state index >= 15 is 0 Å². The number of hydrogen-bond donors (Lipinski definition) is 0. The molecule has 0 aliphatic rings. The average molecular weight is 292 g/mol. The number of aryl methyl sites for hydroxylation is 2. The Hall–Kier alpha value is -2.22. The lowest BCUT2D eigenvalue weighted by molar-refractivity contribution is -0.385. The van der Waals surface area contributed by atoms with Gasteiger partial charge in [-0.15, -0.1) is 10.2 Å². The highest BCUT2D eigenvalue weighted by Gasteiger charge is 2.15. The molecule has 104 valence electrons. The molecule has 20 heavy (non-hydrogen) atoms. The number of Topliss-reactive ketones (excluding diaryl/α,β-unsaturated/α-hetero) is 1. The van der Waals surface area contributed by atoms with Crippen LogP contribution in [0.2, 0.25) is 0 Å². The first-order valence-electron chi connectivity index (χ1n) is 5.74. The standard InChI is InChI=1S/C12H12N4O3S/c1-8-3-4-9(5-10(8)16(18)19)11(17)6-20-12-14-13-7-15(12)2/h3-5,7H,6H2,1-2H3. The molecule has 0 radical (unpaired) electrons. The number of hydrogen-bond acceptors (Lipinski definition) is 6. The van der Waals surface area contributed by atoms with Gasteiger partial charge in [0, 0.05) is 24.2 Å². The van der Waals surface area contributed by atoms with Crippen LogP contribution in [0.4, 0.5) is 5.69 Å². The van der Waals surface area contributed by atoms with Crippen LogP contribution in [0.3, 0.4) is 0 Å². The van der Waals surface area contributed by atoms with Gasteiger partial charge in [-0.25, -0.2) is 0 Å². The lowest BCUT2D eigenvalue weighted by atomic mass is 10.1. The largest absolute Gasteiger partial charge is 0.312 e. The Morgan fingerprint density at radius 2 is 2.25 bits per heavy atom. The Balaban J connectivity index is 2.12. The molecular formula is C12H12N4O3S. The summed E-state index contributed by atoms with van der Waals surface area (Å²) in [5, 5.41) is 19.0. The molecule has 0 spiro atoms. The first-order valence-corrected chi connectivity index (χ1v) is 6.72. The van der Waals surface area contributed by atoms with Crippen LogP contribution in [-0.2, 0) is 7.05 Å². The number of rotatable bonds is 5. The number of benzene rings is 1. The van der Waals surface area contributed by atoms with Crippen LogP contribution in [0.1, 0.15) is 15.9 Å². The van der Waals surface area contributed by atoms with Crippen LogP contribution in [0, 0.1) is 17.0 Å². The summed E-state index contributed by atoms with van der Waals surface area (Å²) in [5.74, 6) is -0.0201. The average Bonchev–Trinajstić information content (AvgIpc) is 2.81. The van der Waals surface area contributed by atoms with E-state index in [1.807, 2.05) is 0 Å². The Bertz CT molecular complexity index is 668. The zero-order chi connectivity index (χ0) is 14.7. The summed E-state index contributed by atoms with van der Waals surface area (Å²) in [7, 11) is 1.78. The molecule has 0 bridgehead atoms. The van der Waals surface area contributed by atoms with E-state index in [1.54, 1.807) is 37.0 Å². The highest BCUT2D eigenvalue weighted by atomic mass is 32.2. The van der Waals surface area contributed by atoms with E-state index < -0.39 is 4.92 Å². The third-order valence-electron chi connectivity index (χ3n) is 2.73. The molecule has 1 heterocycles. The first-order chi connectivity index (χ1) is 9.49. The number of nitro groups is 1. The normalized spacial score (nSPS) is 10.5. The quantitative estimate of drug-likeness (QED) is 0.362. The van der Waals surface area contributed by atoms with Crippen LogP contribution in [-0.4, -0.2) is 31.2 Å². The minimum Gasteiger partial charge on any atom is -0.312 e. The molecule has 0 N–H and O–H groups in total. The molecule has 1 aromatic heterocycles. The van der Waals surface area contributed by atoms with E-state index in [2.05, 4.69) is 10.2 Å². The van der Waals surface area contributed by atoms with Crippen molar-refractivity contribution < 1.29 is 9.72 Å². The monoisotopic (exact) mass is 292 g/mol. The van der Waals surface area contributed by atoms with E-state index in [0.29, 0.717) is 16.3 Å². The van der Waals surface area contributed by atoms with Gasteiger partial charge in [-0.3, -0.25) is 14.9 Å². The van der Waals surface area contributed by atoms with E-state index in [-0.39, 0.29) is 17.2 Å². The predicted octanol–water partition coefficient (Wildman–Crippen LogP) is 2.01. The number of nitrogens with zero attached hydrogens (tertiary/aromatic N) is 4. The number of carbonyl (C=O) groups is 1. The molecule has 0 amide bonds. The maximum atomic E-state index is 12.0. The number of aromatic nitrogens is 3. The summed E-state index contributed by atoms with van der Waals surface area (Å²) in [5.41, 5.74) is 0.823. The fourth-order valence-electron chi connectivity index (χ4n) is 1.60. The molecular weight excluding hydrogens is 280 g/mol. The van der Waals surface area contributed by atoms with E-state index in [0.717, 1.165) is 0 Å². The van der Waals surface area contributed by atoms with Crippen molar-refractivity contribution in [3.8, 4) is 0 Å². The molecule has 0 fully saturated rings. The third kappa shape index (κ3) is 3.02. The van der Waals surface area contributed by atoms with Gasteiger partial charge in [0.1, 0.15) is 6.33 Å². The molecule has 0 saturated heterocycles. The molecule has 0 aliphatic heterocycles. The summed E-state index contributed by atoms with van der Waals surface area (Å²) in [6, 6.07) is 4.50. The topological polar surface area (TPSA) is 90.9 Å². The van der Waals surface area contributed by atoms with Gasteiger partial charge in [0.25, 0.3) is 5.69 Å². The number of ketones is 1. The van der Waals surface area contributed by atoms with Gasteiger partial charge < -0.3 is 4.57 Å². The SMILES string of the molecule is Cc1ccc(C(=O)CSc2nncn2C)cc1[N+](=O)[O-]. The second kappa shape index (κ2) is 5.83. The molecule has 0 aliphatic carbocycles. The number of carbonyl (C=O) groups excluding carboxylic acids is 1. The summed E-state index contributed by atoms with van der Waals surface area (Å²) in [6.07, 6.45) is 1.55. The predicted molar refractivity (Wildman–Crippen MR) is 73.9 cm³/mol. The fourth-order valence-corrected chi connectivity index (χ4v) is 2.38. The summed E-state index contributed by atoms with van der Waals surface area (Å²) >= 11 is 1.25. The Morgan fingerprint density at radius 3 is 2.85 bits per heavy atom. The minimum absolute atomic E-state index is 0.0421. The molecule has 0 saturated carbocycles. The third-order valence-corrected chi connectivity index (χ3v) is 3.76. The van der Waals surface area contributed by atoms with Crippen molar-refractivity contribution in [3.05, 3.63) is 45.8 Å². The zero-order valence-electron chi connectivity index (χ0n) is 10.9. The summed E-state index contributed by atoms with van der Waals surface area (Å²) in [6.45, 7) is 1.64. The molecule has 1 aromatic carbocycles. The van der Waals surface area contributed by atoms with Gasteiger partial charge in [0.05, 0.1) is 10.7 Å². The van der Waals surface area contributed by atoms with Gasteiger partial charge in [-0.2, -0.15) is 0 Å². The second-order valence-corrected chi connectivity index (χ2v) is 5.14. The van der Waals surface area contributed by atoms with Crippen molar-refractivity contribution in [3.63, 3.8) is 0 Å².